The second-order valence-corrected chi connectivity index (χ2v) is 4.72. The number of carbonyl (C=O) groups is 1. The molecule has 0 saturated heterocycles. The highest BCUT2D eigenvalue weighted by atomic mass is 19.3. The lowest BCUT2D eigenvalue weighted by molar-refractivity contribution is -0.137. The first kappa shape index (κ1) is 15.5. The minimum atomic E-state index is -3.06. The molecule has 0 fully saturated rings. The molecule has 1 N–H and O–H groups in total. The largest absolute Gasteiger partial charge is 0.481 e. The predicted octanol–water partition coefficient (Wildman–Crippen LogP) is 4.18. The van der Waals surface area contributed by atoms with E-state index in [1.165, 1.54) is 13.8 Å². The van der Waals surface area contributed by atoms with Crippen molar-refractivity contribution in [3.63, 3.8) is 0 Å². The minimum Gasteiger partial charge on any atom is -0.481 e. The van der Waals surface area contributed by atoms with Gasteiger partial charge in [-0.3, -0.25) is 4.79 Å². The highest BCUT2D eigenvalue weighted by Gasteiger charge is 2.34. The van der Waals surface area contributed by atoms with E-state index in [4.69, 9.17) is 5.11 Å². The fourth-order valence-corrected chi connectivity index (χ4v) is 2.24. The Hall–Kier alpha value is -1.52. The average Bonchev–Trinajstić information content (AvgIpc) is 2.22. The van der Waals surface area contributed by atoms with Crippen molar-refractivity contribution in [2.45, 2.75) is 45.5 Å². The Morgan fingerprint density at radius 2 is 1.74 bits per heavy atom. The second kappa shape index (κ2) is 6.08. The highest BCUT2D eigenvalue weighted by Crippen LogP contribution is 2.37. The van der Waals surface area contributed by atoms with Crippen molar-refractivity contribution in [1.29, 1.82) is 0 Å². The number of unbranched alkanes of at least 4 members (excludes halogenated alkanes) is 1. The molecule has 1 rings (SSSR count). The number of aliphatic carboxylic acids is 1. The van der Waals surface area contributed by atoms with Crippen LogP contribution in [0.3, 0.4) is 0 Å². The Labute approximate surface area is 110 Å². The Morgan fingerprint density at radius 3 is 2.21 bits per heavy atom. The van der Waals surface area contributed by atoms with Gasteiger partial charge < -0.3 is 5.11 Å². The minimum absolute atomic E-state index is 0.114. The van der Waals surface area contributed by atoms with Crippen LogP contribution in [-0.2, 0) is 10.7 Å². The number of carboxylic acids is 1. The van der Waals surface area contributed by atoms with Crippen molar-refractivity contribution in [2.24, 2.45) is 0 Å². The number of hydrogen-bond donors (Lipinski definition) is 1. The van der Waals surface area contributed by atoms with Gasteiger partial charge in [0.1, 0.15) is 5.82 Å². The molecule has 0 saturated carbocycles. The lowest BCUT2D eigenvalue weighted by Gasteiger charge is -2.21. The van der Waals surface area contributed by atoms with Gasteiger partial charge in [-0.05, 0) is 49.9 Å². The molecule has 0 unspecified atom stereocenters. The fraction of sp³-hybridized carbons (Fsp3) is 0.500. The van der Waals surface area contributed by atoms with Crippen molar-refractivity contribution < 1.29 is 23.1 Å². The van der Waals surface area contributed by atoms with Gasteiger partial charge in [-0.2, -0.15) is 0 Å². The smallest absolute Gasteiger partial charge is 0.303 e. The van der Waals surface area contributed by atoms with Gasteiger partial charge in [0, 0.05) is 18.4 Å². The Kier molecular flexibility index (Phi) is 4.97. The number of benzene rings is 1. The highest BCUT2D eigenvalue weighted by molar-refractivity contribution is 5.66. The summed E-state index contributed by atoms with van der Waals surface area (Å²) in [5.74, 6) is -4.57. The first-order chi connectivity index (χ1) is 8.74. The molecule has 0 aliphatic rings. The average molecular weight is 274 g/mol. The van der Waals surface area contributed by atoms with E-state index in [1.807, 2.05) is 0 Å². The summed E-state index contributed by atoms with van der Waals surface area (Å²) in [4.78, 5) is 10.3. The van der Waals surface area contributed by atoms with Crippen molar-refractivity contribution in [2.75, 3.05) is 0 Å². The standard InChI is InChI=1S/C14H17F3O2/c1-9-7-11(15)8-10(2)13(9)14(16,17)6-4-3-5-12(18)19/h7-8H,3-6H2,1-2H3,(H,18,19). The third-order valence-electron chi connectivity index (χ3n) is 2.99. The Balaban J connectivity index is 2.79. The monoisotopic (exact) mass is 274 g/mol. The lowest BCUT2D eigenvalue weighted by Crippen LogP contribution is -2.17. The maximum atomic E-state index is 14.1. The summed E-state index contributed by atoms with van der Waals surface area (Å²) in [6.45, 7) is 2.91. The van der Waals surface area contributed by atoms with Crippen LogP contribution in [0.1, 0.15) is 42.4 Å². The molecule has 0 aliphatic heterocycles. The molecule has 106 valence electrons. The summed E-state index contributed by atoms with van der Waals surface area (Å²) in [6, 6.07) is 2.18. The summed E-state index contributed by atoms with van der Waals surface area (Å²) in [5.41, 5.74) is 0.297. The number of alkyl halides is 2. The Morgan fingerprint density at radius 1 is 1.21 bits per heavy atom. The molecule has 1 aromatic rings. The summed E-state index contributed by atoms with van der Waals surface area (Å²) in [6.07, 6.45) is -0.204. The van der Waals surface area contributed by atoms with Crippen LogP contribution in [-0.4, -0.2) is 11.1 Å². The van der Waals surface area contributed by atoms with Crippen molar-refractivity contribution >= 4 is 5.97 Å². The summed E-state index contributed by atoms with van der Waals surface area (Å²) in [5, 5.41) is 8.45. The quantitative estimate of drug-likeness (QED) is 0.790. The van der Waals surface area contributed by atoms with Gasteiger partial charge in [-0.25, -0.2) is 13.2 Å². The molecular formula is C14H17F3O2. The lowest BCUT2D eigenvalue weighted by atomic mass is 9.93. The molecule has 0 atom stereocenters. The zero-order valence-corrected chi connectivity index (χ0v) is 11.0. The van der Waals surface area contributed by atoms with Crippen LogP contribution in [0.5, 0.6) is 0 Å². The molecule has 0 spiro atoms. The summed E-state index contributed by atoms with van der Waals surface area (Å²) in [7, 11) is 0. The summed E-state index contributed by atoms with van der Waals surface area (Å²) >= 11 is 0. The van der Waals surface area contributed by atoms with E-state index in [2.05, 4.69) is 0 Å². The molecule has 0 heterocycles. The van der Waals surface area contributed by atoms with Crippen LogP contribution in [0.4, 0.5) is 13.2 Å². The zero-order chi connectivity index (χ0) is 14.6. The topological polar surface area (TPSA) is 37.3 Å². The molecular weight excluding hydrogens is 257 g/mol. The molecule has 0 radical (unpaired) electrons. The van der Waals surface area contributed by atoms with Crippen molar-refractivity contribution in [1.82, 2.24) is 0 Å². The SMILES string of the molecule is Cc1cc(F)cc(C)c1C(F)(F)CCCCC(=O)O. The van der Waals surface area contributed by atoms with E-state index in [9.17, 15) is 18.0 Å². The molecule has 5 heteroatoms. The van der Waals surface area contributed by atoms with E-state index in [1.54, 1.807) is 0 Å². The first-order valence-electron chi connectivity index (χ1n) is 6.11. The van der Waals surface area contributed by atoms with Crippen LogP contribution < -0.4 is 0 Å². The van der Waals surface area contributed by atoms with Crippen molar-refractivity contribution in [3.05, 3.63) is 34.6 Å². The molecule has 1 aromatic carbocycles. The van der Waals surface area contributed by atoms with E-state index >= 15 is 0 Å². The van der Waals surface area contributed by atoms with E-state index < -0.39 is 24.1 Å². The van der Waals surface area contributed by atoms with Crippen LogP contribution in [0.2, 0.25) is 0 Å². The normalized spacial score (nSPS) is 11.6. The van der Waals surface area contributed by atoms with Gasteiger partial charge in [-0.1, -0.05) is 0 Å². The maximum Gasteiger partial charge on any atom is 0.303 e. The van der Waals surface area contributed by atoms with Crippen LogP contribution >= 0.6 is 0 Å². The van der Waals surface area contributed by atoms with Crippen LogP contribution in [0.15, 0.2) is 12.1 Å². The van der Waals surface area contributed by atoms with Gasteiger partial charge in [0.25, 0.3) is 5.92 Å². The fourth-order valence-electron chi connectivity index (χ4n) is 2.24. The van der Waals surface area contributed by atoms with Gasteiger partial charge in [-0.15, -0.1) is 0 Å². The van der Waals surface area contributed by atoms with Gasteiger partial charge in [0.2, 0.25) is 0 Å². The predicted molar refractivity (Wildman–Crippen MR) is 65.9 cm³/mol. The number of hydrogen-bond acceptors (Lipinski definition) is 1. The zero-order valence-electron chi connectivity index (χ0n) is 11.0. The molecule has 0 bridgehead atoms. The third-order valence-corrected chi connectivity index (χ3v) is 2.99. The Bertz CT molecular complexity index is 447. The number of aryl methyl sites for hydroxylation is 2. The number of rotatable bonds is 6. The summed E-state index contributed by atoms with van der Waals surface area (Å²) < 4.78 is 41.2. The molecule has 0 aliphatic carbocycles. The van der Waals surface area contributed by atoms with Gasteiger partial charge in [0.05, 0.1) is 0 Å². The number of carboxylic acid groups (broad SMARTS) is 1. The molecule has 19 heavy (non-hydrogen) atoms. The van der Waals surface area contributed by atoms with E-state index in [0.717, 1.165) is 12.1 Å². The second-order valence-electron chi connectivity index (χ2n) is 4.72. The van der Waals surface area contributed by atoms with E-state index in [0.29, 0.717) is 0 Å². The molecule has 2 nitrogen and oxygen atoms in total. The van der Waals surface area contributed by atoms with Crippen LogP contribution in [0, 0.1) is 19.7 Å². The van der Waals surface area contributed by atoms with E-state index in [-0.39, 0.29) is 36.0 Å². The van der Waals surface area contributed by atoms with Crippen molar-refractivity contribution in [3.8, 4) is 0 Å². The maximum absolute atomic E-state index is 14.1. The van der Waals surface area contributed by atoms with Gasteiger partial charge in [0.15, 0.2) is 0 Å². The number of halogens is 3. The third kappa shape index (κ3) is 4.26. The first-order valence-corrected chi connectivity index (χ1v) is 6.11. The molecule has 0 amide bonds. The van der Waals surface area contributed by atoms with Gasteiger partial charge >= 0.3 is 5.97 Å². The van der Waals surface area contributed by atoms with Crippen LogP contribution in [0.25, 0.3) is 0 Å². The molecule has 0 aromatic heterocycles.